The van der Waals surface area contributed by atoms with Gasteiger partial charge in [-0.2, -0.15) is 0 Å². The molecule has 2 aromatic heterocycles. The van der Waals surface area contributed by atoms with Gasteiger partial charge < -0.3 is 15.4 Å². The van der Waals surface area contributed by atoms with Crippen molar-refractivity contribution in [2.24, 2.45) is 0 Å². The van der Waals surface area contributed by atoms with Crippen LogP contribution >= 0.6 is 11.3 Å². The van der Waals surface area contributed by atoms with Gasteiger partial charge >= 0.3 is 6.03 Å². The molecule has 3 heterocycles. The first-order chi connectivity index (χ1) is 15.1. The fourth-order valence-electron chi connectivity index (χ4n) is 3.21. The van der Waals surface area contributed by atoms with Crippen molar-refractivity contribution in [1.82, 2.24) is 20.6 Å². The minimum atomic E-state index is -0.500. The Morgan fingerprint density at radius 1 is 1.19 bits per heavy atom. The number of carbonyl (C=O) groups excluding carboxylic acids is 2. The van der Waals surface area contributed by atoms with E-state index in [4.69, 9.17) is 4.74 Å². The molecule has 160 valence electrons. The Bertz CT molecular complexity index is 1050. The molecule has 0 bridgehead atoms. The van der Waals surface area contributed by atoms with E-state index in [1.165, 1.54) is 29.9 Å². The highest BCUT2D eigenvalue weighted by Crippen LogP contribution is 2.36. The first kappa shape index (κ1) is 20.8. The summed E-state index contributed by atoms with van der Waals surface area (Å²) >= 11 is 1.33. The van der Waals surface area contributed by atoms with E-state index in [1.807, 2.05) is 24.3 Å². The molecule has 1 atom stereocenters. The Hall–Kier alpha value is -3.50. The summed E-state index contributed by atoms with van der Waals surface area (Å²) in [6.45, 7) is 1.61. The monoisotopic (exact) mass is 438 g/mol. The quantitative estimate of drug-likeness (QED) is 0.470. The maximum Gasteiger partial charge on any atom is 0.325 e. The largest absolute Gasteiger partial charge is 0.497 e. The lowest BCUT2D eigenvalue weighted by molar-refractivity contribution is 0.0941. The molecule has 4 N–H and O–H groups in total. The minimum Gasteiger partial charge on any atom is -0.497 e. The summed E-state index contributed by atoms with van der Waals surface area (Å²) in [6.07, 6.45) is 5.31. The van der Waals surface area contributed by atoms with Crippen LogP contribution in [0.4, 0.5) is 15.6 Å². The summed E-state index contributed by atoms with van der Waals surface area (Å²) in [4.78, 5) is 34.3. The van der Waals surface area contributed by atoms with Crippen LogP contribution in [0, 0.1) is 0 Å². The second kappa shape index (κ2) is 9.54. The Morgan fingerprint density at radius 2 is 2.03 bits per heavy atom. The lowest BCUT2D eigenvalue weighted by Gasteiger charge is -2.12. The molecule has 3 amide bonds. The predicted octanol–water partition coefficient (Wildman–Crippen LogP) is 2.95. The van der Waals surface area contributed by atoms with Crippen molar-refractivity contribution in [3.05, 3.63) is 54.5 Å². The number of ether oxygens (including phenoxy) is 1. The van der Waals surface area contributed by atoms with E-state index >= 15 is 0 Å². The number of nitrogens with one attached hydrogen (secondary N) is 4. The molecule has 1 aliphatic heterocycles. The summed E-state index contributed by atoms with van der Waals surface area (Å²) in [5.41, 5.74) is 1.33. The number of hydrogen-bond donors (Lipinski definition) is 4. The molecule has 1 aromatic carbocycles. The minimum absolute atomic E-state index is 0.0677. The lowest BCUT2D eigenvalue weighted by atomic mass is 10.1. The molecule has 10 heteroatoms. The van der Waals surface area contributed by atoms with Crippen LogP contribution in [-0.4, -0.2) is 48.1 Å². The Morgan fingerprint density at radius 3 is 2.71 bits per heavy atom. The molecule has 4 rings (SSSR count). The van der Waals surface area contributed by atoms with Crippen molar-refractivity contribution in [3.63, 3.8) is 0 Å². The van der Waals surface area contributed by atoms with Gasteiger partial charge in [-0.3, -0.25) is 20.4 Å². The molecule has 9 nitrogen and oxygen atoms in total. The molecular formula is C21H22N6O3S. The van der Waals surface area contributed by atoms with Gasteiger partial charge in [0.25, 0.3) is 5.91 Å². The maximum absolute atomic E-state index is 13.0. The number of benzene rings is 1. The molecule has 3 aromatic rings. The average Bonchev–Trinajstić information content (AvgIpc) is 3.44. The number of urea groups is 1. The van der Waals surface area contributed by atoms with Crippen LogP contribution in [-0.2, 0) is 0 Å². The van der Waals surface area contributed by atoms with Gasteiger partial charge in [0.05, 0.1) is 18.9 Å². The van der Waals surface area contributed by atoms with Crippen LogP contribution in [0.5, 0.6) is 5.75 Å². The average molecular weight is 439 g/mol. The summed E-state index contributed by atoms with van der Waals surface area (Å²) < 4.78 is 5.21. The van der Waals surface area contributed by atoms with E-state index in [9.17, 15) is 9.59 Å². The highest BCUT2D eigenvalue weighted by atomic mass is 32.1. The van der Waals surface area contributed by atoms with Gasteiger partial charge in [-0.25, -0.2) is 9.78 Å². The third-order valence-corrected chi connectivity index (χ3v) is 5.88. The van der Waals surface area contributed by atoms with Crippen LogP contribution in [0.15, 0.2) is 48.9 Å². The summed E-state index contributed by atoms with van der Waals surface area (Å²) in [5, 5.41) is 12.1. The third kappa shape index (κ3) is 5.16. The molecule has 0 saturated carbocycles. The van der Waals surface area contributed by atoms with E-state index < -0.39 is 6.03 Å². The van der Waals surface area contributed by atoms with E-state index in [0.717, 1.165) is 35.7 Å². The zero-order valence-electron chi connectivity index (χ0n) is 16.8. The third-order valence-electron chi connectivity index (χ3n) is 4.78. The number of rotatable bonds is 6. The fourth-order valence-corrected chi connectivity index (χ4v) is 4.26. The number of methoxy groups -OCH3 is 1. The molecular weight excluding hydrogens is 416 g/mol. The number of carbonyl (C=O) groups is 2. The Labute approximate surface area is 183 Å². The van der Waals surface area contributed by atoms with Crippen molar-refractivity contribution in [1.29, 1.82) is 0 Å². The molecule has 1 saturated heterocycles. The number of thiophene rings is 1. The molecule has 1 aliphatic rings. The summed E-state index contributed by atoms with van der Waals surface area (Å²) in [5.74, 6) is 0.836. The first-order valence-corrected chi connectivity index (χ1v) is 10.6. The Balaban J connectivity index is 1.58. The van der Waals surface area contributed by atoms with Gasteiger partial charge in [0.15, 0.2) is 5.82 Å². The predicted molar refractivity (Wildman–Crippen MR) is 120 cm³/mol. The van der Waals surface area contributed by atoms with E-state index in [2.05, 4.69) is 31.2 Å². The molecule has 0 spiro atoms. The molecule has 31 heavy (non-hydrogen) atoms. The number of hydrogen-bond acceptors (Lipinski definition) is 7. The zero-order valence-corrected chi connectivity index (χ0v) is 17.7. The van der Waals surface area contributed by atoms with Crippen molar-refractivity contribution in [2.45, 2.75) is 12.5 Å². The second-order valence-electron chi connectivity index (χ2n) is 6.91. The normalized spacial score (nSPS) is 15.3. The van der Waals surface area contributed by atoms with Gasteiger partial charge in [0.1, 0.15) is 10.8 Å². The van der Waals surface area contributed by atoms with Gasteiger partial charge in [-0.1, -0.05) is 0 Å². The Kier molecular flexibility index (Phi) is 6.39. The zero-order chi connectivity index (χ0) is 21.6. The highest BCUT2D eigenvalue weighted by molar-refractivity contribution is 7.20. The summed E-state index contributed by atoms with van der Waals surface area (Å²) in [7, 11) is 1.61. The molecule has 1 fully saturated rings. The van der Waals surface area contributed by atoms with Crippen molar-refractivity contribution >= 4 is 34.1 Å². The number of nitrogens with zero attached hydrogens (tertiary/aromatic N) is 2. The first-order valence-electron chi connectivity index (χ1n) is 9.76. The van der Waals surface area contributed by atoms with E-state index in [0.29, 0.717) is 16.4 Å². The van der Waals surface area contributed by atoms with Crippen LogP contribution in [0.3, 0.4) is 0 Å². The number of aromatic nitrogens is 2. The lowest BCUT2D eigenvalue weighted by Crippen LogP contribution is -2.36. The van der Waals surface area contributed by atoms with Crippen LogP contribution < -0.4 is 26.0 Å². The van der Waals surface area contributed by atoms with Crippen molar-refractivity contribution < 1.29 is 14.3 Å². The van der Waals surface area contributed by atoms with Gasteiger partial charge in [0.2, 0.25) is 0 Å². The van der Waals surface area contributed by atoms with Gasteiger partial charge in [-0.05, 0) is 48.9 Å². The number of anilines is 2. The van der Waals surface area contributed by atoms with Gasteiger partial charge in [0, 0.05) is 29.9 Å². The van der Waals surface area contributed by atoms with Crippen molar-refractivity contribution in [3.8, 4) is 16.2 Å². The van der Waals surface area contributed by atoms with Crippen LogP contribution in [0.25, 0.3) is 10.4 Å². The maximum atomic E-state index is 13.0. The molecule has 1 unspecified atom stereocenters. The van der Waals surface area contributed by atoms with Crippen LogP contribution in [0.1, 0.15) is 16.8 Å². The van der Waals surface area contributed by atoms with E-state index in [-0.39, 0.29) is 11.9 Å². The fraction of sp³-hybridized carbons (Fsp3) is 0.238. The molecule has 0 aliphatic carbocycles. The van der Waals surface area contributed by atoms with Gasteiger partial charge in [-0.15, -0.1) is 11.3 Å². The molecule has 0 radical (unpaired) electrons. The van der Waals surface area contributed by atoms with E-state index in [1.54, 1.807) is 13.2 Å². The standard InChI is InChI=1S/C21H22N6O3S/c1-30-15-4-2-13(3-5-15)17-10-16(19(28)25-14-6-7-22-11-14)20(31-17)27-21(29)26-18-12-23-8-9-24-18/h2-5,8-10,12,14,22H,6-7,11H2,1H3,(H,25,28)(H2,24,26,27,29). The smallest absolute Gasteiger partial charge is 0.325 e. The van der Waals surface area contributed by atoms with Crippen molar-refractivity contribution in [2.75, 3.05) is 30.8 Å². The second-order valence-corrected chi connectivity index (χ2v) is 7.97. The topological polar surface area (TPSA) is 117 Å². The highest BCUT2D eigenvalue weighted by Gasteiger charge is 2.23. The SMILES string of the molecule is COc1ccc(-c2cc(C(=O)NC3CCNC3)c(NC(=O)Nc3cnccn3)s2)cc1. The summed E-state index contributed by atoms with van der Waals surface area (Å²) in [6, 6.07) is 8.90. The number of amides is 3. The van der Waals surface area contributed by atoms with Crippen LogP contribution in [0.2, 0.25) is 0 Å².